The molecule has 9 heteroatoms. The van der Waals surface area contributed by atoms with Gasteiger partial charge in [-0.2, -0.15) is 5.26 Å². The SMILES string of the molecule is C[C@H](Nc1ncnc(N)c1C#N)c1nc2c(Cl)cccc2cc1C(=O)NCC1CC1. The number of anilines is 2. The number of benzene rings is 1. The van der Waals surface area contributed by atoms with Crippen LogP contribution in [0, 0.1) is 17.2 Å². The molecule has 1 aliphatic carbocycles. The van der Waals surface area contributed by atoms with Gasteiger partial charge in [-0.15, -0.1) is 0 Å². The van der Waals surface area contributed by atoms with Crippen molar-refractivity contribution < 1.29 is 4.79 Å². The number of rotatable bonds is 6. The number of aromatic nitrogens is 3. The Morgan fingerprint density at radius 3 is 2.93 bits per heavy atom. The highest BCUT2D eigenvalue weighted by Gasteiger charge is 2.25. The van der Waals surface area contributed by atoms with Crippen molar-refractivity contribution in [3.8, 4) is 6.07 Å². The highest BCUT2D eigenvalue weighted by molar-refractivity contribution is 6.35. The second kappa shape index (κ2) is 8.13. The van der Waals surface area contributed by atoms with Gasteiger partial charge in [0.25, 0.3) is 5.91 Å². The van der Waals surface area contributed by atoms with E-state index in [0.717, 1.165) is 18.2 Å². The molecule has 4 N–H and O–H groups in total. The van der Waals surface area contributed by atoms with E-state index in [9.17, 15) is 10.1 Å². The van der Waals surface area contributed by atoms with Gasteiger partial charge in [0, 0.05) is 11.9 Å². The Morgan fingerprint density at radius 2 is 2.20 bits per heavy atom. The van der Waals surface area contributed by atoms with Crippen LogP contribution in [0.4, 0.5) is 11.6 Å². The van der Waals surface area contributed by atoms with E-state index in [1.54, 1.807) is 12.1 Å². The molecule has 1 amide bonds. The molecule has 0 spiro atoms. The molecule has 1 saturated carbocycles. The summed E-state index contributed by atoms with van der Waals surface area (Å²) in [5, 5.41) is 16.8. The Labute approximate surface area is 178 Å². The number of nitrogens with zero attached hydrogens (tertiary/aromatic N) is 4. The van der Waals surface area contributed by atoms with Crippen LogP contribution in [-0.4, -0.2) is 27.4 Å². The summed E-state index contributed by atoms with van der Waals surface area (Å²) in [7, 11) is 0. The van der Waals surface area contributed by atoms with E-state index in [-0.39, 0.29) is 23.1 Å². The molecule has 1 aromatic carbocycles. The summed E-state index contributed by atoms with van der Waals surface area (Å²) in [4.78, 5) is 25.6. The van der Waals surface area contributed by atoms with Gasteiger partial charge in [-0.25, -0.2) is 15.0 Å². The number of carbonyl (C=O) groups excluding carboxylic acids is 1. The zero-order chi connectivity index (χ0) is 21.3. The minimum atomic E-state index is -0.450. The minimum Gasteiger partial charge on any atom is -0.382 e. The lowest BCUT2D eigenvalue weighted by atomic mass is 10.0. The van der Waals surface area contributed by atoms with E-state index in [4.69, 9.17) is 22.3 Å². The average molecular weight is 422 g/mol. The molecular formula is C21H20ClN7O. The number of nitriles is 1. The second-order valence-electron chi connectivity index (χ2n) is 7.35. The van der Waals surface area contributed by atoms with Crippen LogP contribution in [0.1, 0.15) is 47.4 Å². The van der Waals surface area contributed by atoms with E-state index in [1.165, 1.54) is 6.33 Å². The molecule has 1 fully saturated rings. The van der Waals surface area contributed by atoms with E-state index in [1.807, 2.05) is 25.1 Å². The molecule has 1 aliphatic rings. The fourth-order valence-electron chi connectivity index (χ4n) is 3.24. The van der Waals surface area contributed by atoms with Crippen molar-refractivity contribution in [2.45, 2.75) is 25.8 Å². The van der Waals surface area contributed by atoms with E-state index in [2.05, 4.69) is 20.6 Å². The molecule has 8 nitrogen and oxygen atoms in total. The molecule has 152 valence electrons. The Kier molecular flexibility index (Phi) is 5.38. The normalized spacial score (nSPS) is 14.2. The Hall–Kier alpha value is -3.44. The van der Waals surface area contributed by atoms with E-state index in [0.29, 0.717) is 34.3 Å². The van der Waals surface area contributed by atoms with Crippen molar-refractivity contribution in [2.24, 2.45) is 5.92 Å². The molecule has 0 radical (unpaired) electrons. The lowest BCUT2D eigenvalue weighted by Crippen LogP contribution is -2.28. The third-order valence-electron chi connectivity index (χ3n) is 5.07. The number of amides is 1. The third kappa shape index (κ3) is 3.98. The van der Waals surface area contributed by atoms with Crippen LogP contribution in [0.15, 0.2) is 30.6 Å². The predicted octanol–water partition coefficient (Wildman–Crippen LogP) is 3.44. The van der Waals surface area contributed by atoms with Crippen LogP contribution in [-0.2, 0) is 0 Å². The first-order chi connectivity index (χ1) is 14.5. The first-order valence-electron chi connectivity index (χ1n) is 9.62. The molecule has 0 unspecified atom stereocenters. The third-order valence-corrected chi connectivity index (χ3v) is 5.38. The number of carbonyl (C=O) groups is 1. The smallest absolute Gasteiger partial charge is 0.253 e. The van der Waals surface area contributed by atoms with Crippen molar-refractivity contribution in [1.82, 2.24) is 20.3 Å². The number of hydrogen-bond donors (Lipinski definition) is 3. The Balaban J connectivity index is 1.74. The molecule has 0 bridgehead atoms. The summed E-state index contributed by atoms with van der Waals surface area (Å²) >= 11 is 6.34. The number of nitrogens with one attached hydrogen (secondary N) is 2. The first kappa shape index (κ1) is 19.9. The first-order valence-corrected chi connectivity index (χ1v) is 10.00. The summed E-state index contributed by atoms with van der Waals surface area (Å²) in [6.45, 7) is 2.48. The number of halogens is 1. The van der Waals surface area contributed by atoms with Crippen molar-refractivity contribution in [2.75, 3.05) is 17.6 Å². The summed E-state index contributed by atoms with van der Waals surface area (Å²) in [6.07, 6.45) is 3.56. The van der Waals surface area contributed by atoms with Crippen LogP contribution in [0.2, 0.25) is 5.02 Å². The summed E-state index contributed by atoms with van der Waals surface area (Å²) in [5.74, 6) is 0.725. The van der Waals surface area contributed by atoms with Crippen molar-refractivity contribution >= 4 is 40.0 Å². The Morgan fingerprint density at radius 1 is 1.40 bits per heavy atom. The van der Waals surface area contributed by atoms with Crippen LogP contribution < -0.4 is 16.4 Å². The van der Waals surface area contributed by atoms with Crippen LogP contribution in [0.3, 0.4) is 0 Å². The molecule has 2 aromatic heterocycles. The number of pyridine rings is 1. The lowest BCUT2D eigenvalue weighted by Gasteiger charge is -2.19. The average Bonchev–Trinajstić information content (AvgIpc) is 3.56. The van der Waals surface area contributed by atoms with Gasteiger partial charge in [0.05, 0.1) is 27.8 Å². The van der Waals surface area contributed by atoms with Crippen molar-refractivity contribution in [1.29, 1.82) is 5.26 Å². The predicted molar refractivity (Wildman–Crippen MR) is 115 cm³/mol. The molecular weight excluding hydrogens is 402 g/mol. The monoisotopic (exact) mass is 421 g/mol. The van der Waals surface area contributed by atoms with Gasteiger partial charge in [0.2, 0.25) is 0 Å². The van der Waals surface area contributed by atoms with E-state index >= 15 is 0 Å². The van der Waals surface area contributed by atoms with Gasteiger partial charge in [0.1, 0.15) is 29.6 Å². The molecule has 0 saturated heterocycles. The van der Waals surface area contributed by atoms with Gasteiger partial charge in [0.15, 0.2) is 0 Å². The largest absolute Gasteiger partial charge is 0.382 e. The van der Waals surface area contributed by atoms with Gasteiger partial charge in [-0.05, 0) is 37.8 Å². The highest BCUT2D eigenvalue weighted by Crippen LogP contribution is 2.30. The molecule has 3 aromatic rings. The van der Waals surface area contributed by atoms with Gasteiger partial charge in [-0.1, -0.05) is 23.7 Å². The minimum absolute atomic E-state index is 0.0825. The summed E-state index contributed by atoms with van der Waals surface area (Å²) in [6, 6.07) is 8.79. The Bertz CT molecular complexity index is 1170. The maximum Gasteiger partial charge on any atom is 0.253 e. The maximum absolute atomic E-state index is 13.0. The highest BCUT2D eigenvalue weighted by atomic mass is 35.5. The van der Waals surface area contributed by atoms with Crippen LogP contribution in [0.25, 0.3) is 10.9 Å². The van der Waals surface area contributed by atoms with Gasteiger partial charge in [-0.3, -0.25) is 4.79 Å². The summed E-state index contributed by atoms with van der Waals surface area (Å²) < 4.78 is 0. The number of fused-ring (bicyclic) bond motifs is 1. The van der Waals surface area contributed by atoms with Gasteiger partial charge >= 0.3 is 0 Å². The van der Waals surface area contributed by atoms with Crippen LogP contribution >= 0.6 is 11.6 Å². The van der Waals surface area contributed by atoms with Crippen molar-refractivity contribution in [3.63, 3.8) is 0 Å². The van der Waals surface area contributed by atoms with Crippen LogP contribution in [0.5, 0.6) is 0 Å². The molecule has 1 atom stereocenters. The van der Waals surface area contributed by atoms with Gasteiger partial charge < -0.3 is 16.4 Å². The molecule has 4 rings (SSSR count). The molecule has 30 heavy (non-hydrogen) atoms. The number of nitrogen functional groups attached to an aromatic ring is 1. The maximum atomic E-state index is 13.0. The van der Waals surface area contributed by atoms with E-state index < -0.39 is 6.04 Å². The topological polar surface area (TPSA) is 130 Å². The molecule has 2 heterocycles. The quantitative estimate of drug-likeness (QED) is 0.555. The number of nitrogens with two attached hydrogens (primary N) is 1. The second-order valence-corrected chi connectivity index (χ2v) is 7.75. The zero-order valence-corrected chi connectivity index (χ0v) is 17.1. The standard InChI is InChI=1S/C21H20ClN7O/c1-11(28-20-15(8-23)19(24)26-10-27-20)17-14(21(30)25-9-12-5-6-12)7-13-3-2-4-16(22)18(13)29-17/h2-4,7,10-12H,5-6,9H2,1H3,(H,25,30)(H3,24,26,27,28)/t11-/m0/s1. The fraction of sp³-hybridized carbons (Fsp3) is 0.286. The van der Waals surface area contributed by atoms with Crippen molar-refractivity contribution in [3.05, 3.63) is 52.4 Å². The zero-order valence-electron chi connectivity index (χ0n) is 16.3. The summed E-state index contributed by atoms with van der Waals surface area (Å²) in [5.41, 5.74) is 7.48. The molecule has 0 aliphatic heterocycles. The fourth-order valence-corrected chi connectivity index (χ4v) is 3.46. The number of hydrogen-bond acceptors (Lipinski definition) is 7. The number of para-hydroxylation sites is 1. The lowest BCUT2D eigenvalue weighted by molar-refractivity contribution is 0.0950.